The van der Waals surface area contributed by atoms with E-state index in [2.05, 4.69) is 13.8 Å². The van der Waals surface area contributed by atoms with Gasteiger partial charge in [0, 0.05) is 12.5 Å². The van der Waals surface area contributed by atoms with E-state index in [4.69, 9.17) is 5.73 Å². The molecule has 0 aromatic carbocycles. The van der Waals surface area contributed by atoms with E-state index in [9.17, 15) is 9.90 Å². The first kappa shape index (κ1) is 19.4. The van der Waals surface area contributed by atoms with Crippen molar-refractivity contribution in [1.82, 2.24) is 0 Å². The van der Waals surface area contributed by atoms with Gasteiger partial charge in [-0.25, -0.2) is 0 Å². The van der Waals surface area contributed by atoms with Crippen LogP contribution < -0.4 is 5.73 Å². The first-order chi connectivity index (χ1) is 9.67. The highest BCUT2D eigenvalue weighted by Crippen LogP contribution is 2.24. The van der Waals surface area contributed by atoms with Crippen molar-refractivity contribution in [2.45, 2.75) is 84.5 Å². The molecule has 0 bridgehead atoms. The number of unbranched alkanes of at least 4 members (excludes halogenated alkanes) is 7. The first-order valence-corrected chi connectivity index (χ1v) is 8.57. The van der Waals surface area contributed by atoms with E-state index in [1.807, 2.05) is 0 Å². The molecule has 3 heteroatoms. The number of hydrogen-bond donors (Lipinski definition) is 2. The summed E-state index contributed by atoms with van der Waals surface area (Å²) in [7, 11) is 0. The fraction of sp³-hybridized carbons (Fsp3) is 0.941. The second-order valence-corrected chi connectivity index (χ2v) is 6.00. The molecule has 0 aromatic heterocycles. The molecular weight excluding hydrogens is 250 g/mol. The third-order valence-electron chi connectivity index (χ3n) is 4.22. The molecule has 0 spiro atoms. The van der Waals surface area contributed by atoms with E-state index in [0.717, 1.165) is 32.1 Å². The topological polar surface area (TPSA) is 63.3 Å². The third-order valence-corrected chi connectivity index (χ3v) is 4.22. The van der Waals surface area contributed by atoms with Gasteiger partial charge in [0.1, 0.15) is 0 Å². The van der Waals surface area contributed by atoms with E-state index in [1.165, 1.54) is 38.5 Å². The number of carbonyl (C=O) groups is 1. The van der Waals surface area contributed by atoms with Crippen molar-refractivity contribution in [3.63, 3.8) is 0 Å². The average molecular weight is 285 g/mol. The lowest BCUT2D eigenvalue weighted by Crippen LogP contribution is -2.32. The maximum atomic E-state index is 11.6. The number of hydrogen-bond acceptors (Lipinski definition) is 2. The molecule has 20 heavy (non-hydrogen) atoms. The summed E-state index contributed by atoms with van der Waals surface area (Å²) >= 11 is 0. The minimum Gasteiger partial charge on any atom is -0.396 e. The average Bonchev–Trinajstić information content (AvgIpc) is 2.44. The predicted octanol–water partition coefficient (Wildman–Crippen LogP) is 4.03. The summed E-state index contributed by atoms with van der Waals surface area (Å²) in [5.41, 5.74) is 5.52. The van der Waals surface area contributed by atoms with Crippen LogP contribution in [0.2, 0.25) is 0 Å². The number of carbonyl (C=O) groups excluding carboxylic acids is 1. The number of aliphatic hydroxyl groups excluding tert-OH is 1. The number of amides is 1. The van der Waals surface area contributed by atoms with Crippen molar-refractivity contribution in [2.24, 2.45) is 17.6 Å². The van der Waals surface area contributed by atoms with Gasteiger partial charge >= 0.3 is 0 Å². The molecule has 0 saturated heterocycles. The third kappa shape index (κ3) is 9.35. The van der Waals surface area contributed by atoms with Gasteiger partial charge in [0.05, 0.1) is 0 Å². The van der Waals surface area contributed by atoms with Crippen LogP contribution in [0, 0.1) is 11.8 Å². The molecule has 2 atom stereocenters. The molecule has 0 aliphatic carbocycles. The highest BCUT2D eigenvalue weighted by atomic mass is 16.3. The Bertz CT molecular complexity index is 231. The van der Waals surface area contributed by atoms with Gasteiger partial charge in [-0.3, -0.25) is 4.79 Å². The Morgan fingerprint density at radius 2 is 1.45 bits per heavy atom. The molecule has 0 aliphatic rings. The lowest BCUT2D eigenvalue weighted by molar-refractivity contribution is -0.124. The van der Waals surface area contributed by atoms with Crippen LogP contribution in [0.3, 0.4) is 0 Å². The summed E-state index contributed by atoms with van der Waals surface area (Å²) in [5.74, 6) is -0.305. The Hall–Kier alpha value is -0.570. The molecule has 0 saturated carbocycles. The zero-order chi connectivity index (χ0) is 15.2. The van der Waals surface area contributed by atoms with E-state index >= 15 is 0 Å². The fourth-order valence-corrected chi connectivity index (χ4v) is 2.82. The van der Waals surface area contributed by atoms with Gasteiger partial charge in [0.15, 0.2) is 0 Å². The predicted molar refractivity (Wildman–Crippen MR) is 85.4 cm³/mol. The Morgan fingerprint density at radius 3 is 1.95 bits per heavy atom. The number of aliphatic hydroxyl groups is 1. The van der Waals surface area contributed by atoms with Crippen LogP contribution in [0.15, 0.2) is 0 Å². The number of nitrogens with two attached hydrogens (primary N) is 1. The van der Waals surface area contributed by atoms with Crippen LogP contribution in [-0.2, 0) is 4.79 Å². The Balaban J connectivity index is 3.92. The minimum absolute atomic E-state index is 0.0625. The smallest absolute Gasteiger partial charge is 0.220 e. The molecule has 120 valence electrons. The van der Waals surface area contributed by atoms with Gasteiger partial charge in [-0.1, -0.05) is 71.6 Å². The molecule has 0 aliphatic heterocycles. The van der Waals surface area contributed by atoms with Crippen molar-refractivity contribution >= 4 is 5.91 Å². The lowest BCUT2D eigenvalue weighted by atomic mass is 9.84. The summed E-state index contributed by atoms with van der Waals surface area (Å²) in [5, 5.41) is 9.46. The van der Waals surface area contributed by atoms with Crippen LogP contribution in [0.1, 0.15) is 84.5 Å². The number of rotatable bonds is 14. The van der Waals surface area contributed by atoms with Gasteiger partial charge in [0.2, 0.25) is 5.91 Å². The summed E-state index contributed by atoms with van der Waals surface area (Å²) in [6.07, 6.45) is 12.6. The van der Waals surface area contributed by atoms with Crippen molar-refractivity contribution in [3.05, 3.63) is 0 Å². The van der Waals surface area contributed by atoms with Crippen LogP contribution in [-0.4, -0.2) is 17.6 Å². The quantitative estimate of drug-likeness (QED) is 0.473. The summed E-state index contributed by atoms with van der Waals surface area (Å²) < 4.78 is 0. The highest BCUT2D eigenvalue weighted by molar-refractivity contribution is 5.76. The van der Waals surface area contributed by atoms with Crippen molar-refractivity contribution < 1.29 is 9.90 Å². The number of primary amides is 1. The molecule has 0 fully saturated rings. The van der Waals surface area contributed by atoms with E-state index < -0.39 is 0 Å². The SMILES string of the molecule is CCCCCCCCCC(C(N)=O)C(CO)CCCC. The van der Waals surface area contributed by atoms with Gasteiger partial charge in [-0.15, -0.1) is 0 Å². The molecular formula is C17H35NO2. The Labute approximate surface area is 125 Å². The standard InChI is InChI=1S/C17H35NO2/c1-3-5-7-8-9-10-11-13-16(17(18)20)15(14-19)12-6-4-2/h15-16,19H,3-14H2,1-2H3,(H2,18,20). The zero-order valence-corrected chi connectivity index (χ0v) is 13.6. The molecule has 0 aromatic rings. The van der Waals surface area contributed by atoms with Gasteiger partial charge in [-0.05, 0) is 18.8 Å². The van der Waals surface area contributed by atoms with E-state index in [-0.39, 0.29) is 24.3 Å². The second-order valence-electron chi connectivity index (χ2n) is 6.00. The summed E-state index contributed by atoms with van der Waals surface area (Å²) in [6, 6.07) is 0. The highest BCUT2D eigenvalue weighted by Gasteiger charge is 2.24. The normalized spacial score (nSPS) is 14.2. The van der Waals surface area contributed by atoms with E-state index in [0.29, 0.717) is 0 Å². The second kappa shape index (κ2) is 13.4. The molecule has 0 rings (SSSR count). The molecule has 3 nitrogen and oxygen atoms in total. The van der Waals surface area contributed by atoms with Crippen molar-refractivity contribution in [2.75, 3.05) is 6.61 Å². The largest absolute Gasteiger partial charge is 0.396 e. The Morgan fingerprint density at radius 1 is 0.900 bits per heavy atom. The van der Waals surface area contributed by atoms with Crippen molar-refractivity contribution in [1.29, 1.82) is 0 Å². The molecule has 0 heterocycles. The summed E-state index contributed by atoms with van der Waals surface area (Å²) in [4.78, 5) is 11.6. The van der Waals surface area contributed by atoms with Gasteiger partial charge < -0.3 is 10.8 Å². The van der Waals surface area contributed by atoms with E-state index in [1.54, 1.807) is 0 Å². The molecule has 2 unspecified atom stereocenters. The first-order valence-electron chi connectivity index (χ1n) is 8.57. The maximum Gasteiger partial charge on any atom is 0.220 e. The zero-order valence-electron chi connectivity index (χ0n) is 13.6. The Kier molecular flexibility index (Phi) is 13.0. The lowest BCUT2D eigenvalue weighted by Gasteiger charge is -2.22. The fourth-order valence-electron chi connectivity index (χ4n) is 2.82. The van der Waals surface area contributed by atoms with Crippen LogP contribution in [0.25, 0.3) is 0 Å². The monoisotopic (exact) mass is 285 g/mol. The molecule has 0 radical (unpaired) electrons. The van der Waals surface area contributed by atoms with Crippen LogP contribution in [0.4, 0.5) is 0 Å². The van der Waals surface area contributed by atoms with Gasteiger partial charge in [0.25, 0.3) is 0 Å². The molecule has 3 N–H and O–H groups in total. The summed E-state index contributed by atoms with van der Waals surface area (Å²) in [6.45, 7) is 4.44. The van der Waals surface area contributed by atoms with Crippen LogP contribution in [0.5, 0.6) is 0 Å². The molecule has 1 amide bonds. The minimum atomic E-state index is -0.230. The van der Waals surface area contributed by atoms with Crippen molar-refractivity contribution in [3.8, 4) is 0 Å². The maximum absolute atomic E-state index is 11.6. The van der Waals surface area contributed by atoms with Crippen LogP contribution >= 0.6 is 0 Å². The van der Waals surface area contributed by atoms with Gasteiger partial charge in [-0.2, -0.15) is 0 Å².